The van der Waals surface area contributed by atoms with Gasteiger partial charge in [0.05, 0.1) is 16.2 Å². The van der Waals surface area contributed by atoms with Gasteiger partial charge < -0.3 is 5.43 Å². The summed E-state index contributed by atoms with van der Waals surface area (Å²) in [6.07, 6.45) is -2.67. The highest BCUT2D eigenvalue weighted by Gasteiger charge is 2.15. The lowest BCUT2D eigenvalue weighted by Gasteiger charge is -2.10. The minimum absolute atomic E-state index is 0.286. The number of hydrogen-bond donors (Lipinski definition) is 2. The van der Waals surface area contributed by atoms with Crippen molar-refractivity contribution in [2.24, 2.45) is 5.84 Å². The molecule has 0 saturated carbocycles. The van der Waals surface area contributed by atoms with E-state index in [-0.39, 0.29) is 10.7 Å². The maximum Gasteiger partial charge on any atom is 0.280 e. The van der Waals surface area contributed by atoms with Gasteiger partial charge in [-0.1, -0.05) is 27.5 Å². The van der Waals surface area contributed by atoms with Crippen molar-refractivity contribution in [2.45, 2.75) is 6.43 Å². The number of pyridine rings is 1. The number of fused-ring (bicyclic) bond motifs is 1. The molecule has 1 aromatic heterocycles. The van der Waals surface area contributed by atoms with E-state index in [1.807, 2.05) is 0 Å². The monoisotopic (exact) mass is 321 g/mol. The number of nitrogens with one attached hydrogen (secondary N) is 1. The number of hydrogen-bond acceptors (Lipinski definition) is 3. The van der Waals surface area contributed by atoms with Crippen LogP contribution in [-0.4, -0.2) is 4.98 Å². The molecule has 0 radical (unpaired) electrons. The molecule has 0 fully saturated rings. The second kappa shape index (κ2) is 4.72. The van der Waals surface area contributed by atoms with Gasteiger partial charge in [0.25, 0.3) is 6.43 Å². The van der Waals surface area contributed by atoms with E-state index in [0.717, 1.165) is 4.47 Å². The zero-order valence-corrected chi connectivity index (χ0v) is 10.7. The molecule has 0 amide bonds. The van der Waals surface area contributed by atoms with E-state index in [0.29, 0.717) is 16.6 Å². The minimum Gasteiger partial charge on any atom is -0.323 e. The second-order valence-electron chi connectivity index (χ2n) is 3.32. The van der Waals surface area contributed by atoms with Crippen molar-refractivity contribution in [3.05, 3.63) is 33.4 Å². The zero-order valence-electron chi connectivity index (χ0n) is 8.35. The number of hydrazine groups is 1. The third-order valence-electron chi connectivity index (χ3n) is 2.23. The average Bonchev–Trinajstić information content (AvgIpc) is 2.27. The Morgan fingerprint density at radius 2 is 2.06 bits per heavy atom. The molecule has 1 aromatic carbocycles. The largest absolute Gasteiger partial charge is 0.323 e. The minimum atomic E-state index is -2.67. The topological polar surface area (TPSA) is 50.9 Å². The third kappa shape index (κ3) is 2.34. The van der Waals surface area contributed by atoms with Crippen molar-refractivity contribution in [3.63, 3.8) is 0 Å². The molecule has 0 aliphatic heterocycles. The second-order valence-corrected chi connectivity index (χ2v) is 4.65. The Balaban J connectivity index is 2.82. The standard InChI is InChI=1S/C10H7BrClF2N3/c11-4-1-5-7(17-15)3-8(10(13)14)16-9(5)6(12)2-4/h1-3,10H,15H2,(H,16,17). The van der Waals surface area contributed by atoms with Crippen LogP contribution in [0.2, 0.25) is 5.02 Å². The van der Waals surface area contributed by atoms with Crippen molar-refractivity contribution < 1.29 is 8.78 Å². The van der Waals surface area contributed by atoms with Gasteiger partial charge in [-0.25, -0.2) is 13.8 Å². The van der Waals surface area contributed by atoms with Gasteiger partial charge in [-0.05, 0) is 18.2 Å². The van der Waals surface area contributed by atoms with E-state index in [4.69, 9.17) is 17.4 Å². The van der Waals surface area contributed by atoms with E-state index < -0.39 is 6.43 Å². The number of alkyl halides is 2. The predicted molar refractivity (Wildman–Crippen MR) is 67.2 cm³/mol. The molecule has 2 aromatic rings. The lowest BCUT2D eigenvalue weighted by Crippen LogP contribution is -2.08. The fourth-order valence-corrected chi connectivity index (χ4v) is 2.35. The van der Waals surface area contributed by atoms with Crippen molar-refractivity contribution in [1.82, 2.24) is 4.98 Å². The van der Waals surface area contributed by atoms with Crippen molar-refractivity contribution >= 4 is 44.1 Å². The van der Waals surface area contributed by atoms with Crippen LogP contribution in [0.4, 0.5) is 14.5 Å². The number of nitrogen functional groups attached to an aromatic ring is 1. The number of anilines is 1. The lowest BCUT2D eigenvalue weighted by molar-refractivity contribution is 0.146. The first-order chi connectivity index (χ1) is 8.02. The molecule has 90 valence electrons. The number of aromatic nitrogens is 1. The molecule has 0 aliphatic carbocycles. The summed E-state index contributed by atoms with van der Waals surface area (Å²) in [6, 6.07) is 4.50. The fourth-order valence-electron chi connectivity index (χ4n) is 1.50. The molecule has 1 heterocycles. The zero-order chi connectivity index (χ0) is 12.6. The maximum absolute atomic E-state index is 12.6. The van der Waals surface area contributed by atoms with Gasteiger partial charge >= 0.3 is 0 Å². The van der Waals surface area contributed by atoms with E-state index >= 15 is 0 Å². The number of benzene rings is 1. The highest BCUT2D eigenvalue weighted by molar-refractivity contribution is 9.10. The van der Waals surface area contributed by atoms with Crippen LogP contribution in [0, 0.1) is 0 Å². The van der Waals surface area contributed by atoms with Gasteiger partial charge in [0.15, 0.2) is 0 Å². The van der Waals surface area contributed by atoms with Gasteiger partial charge in [0, 0.05) is 9.86 Å². The normalized spacial score (nSPS) is 11.2. The summed E-state index contributed by atoms with van der Waals surface area (Å²) >= 11 is 9.23. The van der Waals surface area contributed by atoms with E-state index in [9.17, 15) is 8.78 Å². The molecule has 0 unspecified atom stereocenters. The van der Waals surface area contributed by atoms with Crippen LogP contribution in [0.3, 0.4) is 0 Å². The predicted octanol–water partition coefficient (Wildman–Crippen LogP) is 3.87. The van der Waals surface area contributed by atoms with Gasteiger partial charge in [-0.2, -0.15) is 0 Å². The van der Waals surface area contributed by atoms with Crippen molar-refractivity contribution in [3.8, 4) is 0 Å². The van der Waals surface area contributed by atoms with Crippen molar-refractivity contribution in [2.75, 3.05) is 5.43 Å². The molecule has 7 heteroatoms. The number of nitrogens with zero attached hydrogens (tertiary/aromatic N) is 1. The van der Waals surface area contributed by atoms with Crippen molar-refractivity contribution in [1.29, 1.82) is 0 Å². The Hall–Kier alpha value is -0.980. The Labute approximate surface area is 109 Å². The van der Waals surface area contributed by atoms with Crippen LogP contribution in [0.5, 0.6) is 0 Å². The van der Waals surface area contributed by atoms with E-state index in [1.54, 1.807) is 12.1 Å². The highest BCUT2D eigenvalue weighted by Crippen LogP contribution is 2.33. The Kier molecular flexibility index (Phi) is 3.46. The summed E-state index contributed by atoms with van der Waals surface area (Å²) in [6.45, 7) is 0. The Morgan fingerprint density at radius 3 is 2.65 bits per heavy atom. The summed E-state index contributed by atoms with van der Waals surface area (Å²) < 4.78 is 26.0. The van der Waals surface area contributed by atoms with Gasteiger partial charge in [-0.3, -0.25) is 5.84 Å². The molecule has 0 atom stereocenters. The Bertz CT molecular complexity index is 577. The third-order valence-corrected chi connectivity index (χ3v) is 2.98. The number of rotatable bonds is 2. The molecule has 3 nitrogen and oxygen atoms in total. The van der Waals surface area contributed by atoms with Gasteiger partial charge in [0.1, 0.15) is 5.69 Å². The number of nitrogens with two attached hydrogens (primary N) is 1. The van der Waals surface area contributed by atoms with Gasteiger partial charge in [0.2, 0.25) is 0 Å². The molecule has 3 N–H and O–H groups in total. The molecule has 17 heavy (non-hydrogen) atoms. The first-order valence-electron chi connectivity index (χ1n) is 4.57. The molecule has 0 bridgehead atoms. The summed E-state index contributed by atoms with van der Waals surface area (Å²) in [4.78, 5) is 3.83. The fraction of sp³-hybridized carbons (Fsp3) is 0.100. The summed E-state index contributed by atoms with van der Waals surface area (Å²) in [5.74, 6) is 5.30. The van der Waals surface area contributed by atoms with E-state index in [1.165, 1.54) is 6.07 Å². The average molecular weight is 323 g/mol. The van der Waals surface area contributed by atoms with E-state index in [2.05, 4.69) is 26.3 Å². The van der Waals surface area contributed by atoms with Crippen LogP contribution < -0.4 is 11.3 Å². The molecular formula is C10H7BrClF2N3. The molecule has 2 rings (SSSR count). The highest BCUT2D eigenvalue weighted by atomic mass is 79.9. The first-order valence-corrected chi connectivity index (χ1v) is 5.74. The molecule has 0 saturated heterocycles. The SMILES string of the molecule is NNc1cc(C(F)F)nc2c(Cl)cc(Br)cc12. The maximum atomic E-state index is 12.6. The smallest absolute Gasteiger partial charge is 0.280 e. The molecule has 0 aliphatic rings. The molecular weight excluding hydrogens is 315 g/mol. The van der Waals surface area contributed by atoms with Crippen LogP contribution in [0.15, 0.2) is 22.7 Å². The van der Waals surface area contributed by atoms with Gasteiger partial charge in [-0.15, -0.1) is 0 Å². The lowest BCUT2D eigenvalue weighted by atomic mass is 10.1. The Morgan fingerprint density at radius 1 is 1.35 bits per heavy atom. The van der Waals surface area contributed by atoms with Crippen LogP contribution in [0.25, 0.3) is 10.9 Å². The summed E-state index contributed by atoms with van der Waals surface area (Å²) in [7, 11) is 0. The summed E-state index contributed by atoms with van der Waals surface area (Å²) in [5.41, 5.74) is 2.65. The van der Waals surface area contributed by atoms with Crippen LogP contribution >= 0.6 is 27.5 Å². The molecule has 0 spiro atoms. The van der Waals surface area contributed by atoms with Crippen LogP contribution in [-0.2, 0) is 0 Å². The quantitative estimate of drug-likeness (QED) is 0.652. The van der Waals surface area contributed by atoms with Crippen LogP contribution in [0.1, 0.15) is 12.1 Å². The number of halogens is 4. The summed E-state index contributed by atoms with van der Waals surface area (Å²) in [5, 5.41) is 0.865. The first kappa shape index (κ1) is 12.5.